The number of imide groups is 1. The van der Waals surface area contributed by atoms with Crippen molar-refractivity contribution >= 4 is 23.1 Å². The second-order valence-corrected chi connectivity index (χ2v) is 6.82. The molecule has 0 aliphatic carbocycles. The number of carbonyl (C=O) groups is 2. The Kier molecular flexibility index (Phi) is 4.94. The van der Waals surface area contributed by atoms with E-state index in [9.17, 15) is 9.59 Å². The molecule has 0 atom stereocenters. The van der Waals surface area contributed by atoms with Gasteiger partial charge in [0.15, 0.2) is 0 Å². The summed E-state index contributed by atoms with van der Waals surface area (Å²) in [6, 6.07) is 13.7. The van der Waals surface area contributed by atoms with Crippen molar-refractivity contribution in [3.05, 3.63) is 70.4 Å². The van der Waals surface area contributed by atoms with Gasteiger partial charge in [-0.15, -0.1) is 0 Å². The lowest BCUT2D eigenvalue weighted by Gasteiger charge is -2.14. The van der Waals surface area contributed by atoms with Crippen LogP contribution in [0.3, 0.4) is 0 Å². The molecule has 4 nitrogen and oxygen atoms in total. The van der Waals surface area contributed by atoms with E-state index in [1.54, 1.807) is 0 Å². The van der Waals surface area contributed by atoms with E-state index in [-0.39, 0.29) is 11.8 Å². The van der Waals surface area contributed by atoms with Crippen LogP contribution in [-0.4, -0.2) is 23.3 Å². The molecule has 1 N–H and O–H groups in total. The molecule has 2 amide bonds. The summed E-state index contributed by atoms with van der Waals surface area (Å²) < 4.78 is 0. The Labute approximate surface area is 154 Å². The molecule has 0 bridgehead atoms. The third kappa shape index (κ3) is 3.27. The van der Waals surface area contributed by atoms with Crippen LogP contribution in [0.25, 0.3) is 5.57 Å². The van der Waals surface area contributed by atoms with Gasteiger partial charge in [0.1, 0.15) is 5.70 Å². The van der Waals surface area contributed by atoms with E-state index in [0.29, 0.717) is 17.8 Å². The third-order valence-corrected chi connectivity index (χ3v) is 4.61. The summed E-state index contributed by atoms with van der Waals surface area (Å²) in [5, 5.41) is 3.25. The van der Waals surface area contributed by atoms with Crippen LogP contribution in [0.15, 0.2) is 48.2 Å². The fourth-order valence-corrected chi connectivity index (χ4v) is 3.11. The molecule has 2 aromatic carbocycles. The number of nitrogens with zero attached hydrogens (tertiary/aromatic N) is 1. The fourth-order valence-electron chi connectivity index (χ4n) is 3.11. The average Bonchev–Trinajstić information content (AvgIpc) is 2.84. The minimum Gasteiger partial charge on any atom is -0.350 e. The highest BCUT2D eigenvalue weighted by Crippen LogP contribution is 2.31. The second kappa shape index (κ2) is 7.16. The number of nitrogens with one attached hydrogen (secondary N) is 1. The van der Waals surface area contributed by atoms with E-state index < -0.39 is 0 Å². The first-order valence-electron chi connectivity index (χ1n) is 8.94. The fraction of sp³-hybridized carbons (Fsp3) is 0.273. The molecule has 1 aliphatic heterocycles. The molecule has 0 saturated carbocycles. The van der Waals surface area contributed by atoms with Gasteiger partial charge in [0, 0.05) is 12.2 Å². The van der Waals surface area contributed by atoms with Crippen molar-refractivity contribution in [1.82, 2.24) is 4.90 Å². The number of rotatable bonds is 5. The molecule has 0 radical (unpaired) electrons. The van der Waals surface area contributed by atoms with Crippen molar-refractivity contribution in [2.24, 2.45) is 0 Å². The highest BCUT2D eigenvalue weighted by molar-refractivity contribution is 6.36. The average molecular weight is 348 g/mol. The van der Waals surface area contributed by atoms with Gasteiger partial charge in [0.25, 0.3) is 11.8 Å². The molecule has 0 aromatic heterocycles. The Morgan fingerprint density at radius 2 is 1.54 bits per heavy atom. The smallest absolute Gasteiger partial charge is 0.278 e. The Bertz CT molecular complexity index is 895. The van der Waals surface area contributed by atoms with Crippen LogP contribution >= 0.6 is 0 Å². The van der Waals surface area contributed by atoms with Crippen molar-refractivity contribution in [3.8, 4) is 0 Å². The molecule has 134 valence electrons. The number of benzene rings is 2. The first-order chi connectivity index (χ1) is 12.4. The van der Waals surface area contributed by atoms with Crippen LogP contribution < -0.4 is 5.32 Å². The number of hydrogen-bond donors (Lipinski definition) is 1. The molecular formula is C22H24N2O2. The molecule has 1 heterocycles. The van der Waals surface area contributed by atoms with Gasteiger partial charge in [-0.1, -0.05) is 48.9 Å². The lowest BCUT2D eigenvalue weighted by molar-refractivity contribution is -0.136. The molecule has 0 unspecified atom stereocenters. The van der Waals surface area contributed by atoms with E-state index in [0.717, 1.165) is 34.4 Å². The normalized spacial score (nSPS) is 14.4. The lowest BCUT2D eigenvalue weighted by Crippen LogP contribution is -2.33. The highest BCUT2D eigenvalue weighted by Gasteiger charge is 2.38. The van der Waals surface area contributed by atoms with Gasteiger partial charge in [-0.3, -0.25) is 14.5 Å². The summed E-state index contributed by atoms with van der Waals surface area (Å²) in [6.45, 7) is 8.37. The van der Waals surface area contributed by atoms with Crippen LogP contribution in [-0.2, 0) is 9.59 Å². The summed E-state index contributed by atoms with van der Waals surface area (Å²) in [7, 11) is 0. The van der Waals surface area contributed by atoms with Crippen LogP contribution in [0, 0.1) is 20.8 Å². The molecule has 26 heavy (non-hydrogen) atoms. The first-order valence-corrected chi connectivity index (χ1v) is 8.94. The molecule has 1 aliphatic rings. The summed E-state index contributed by atoms with van der Waals surface area (Å²) in [5.41, 5.74) is 5.66. The van der Waals surface area contributed by atoms with E-state index in [4.69, 9.17) is 0 Å². The zero-order valence-electron chi connectivity index (χ0n) is 15.7. The van der Waals surface area contributed by atoms with Crippen LogP contribution in [0.2, 0.25) is 0 Å². The van der Waals surface area contributed by atoms with E-state index in [2.05, 4.69) is 5.32 Å². The maximum Gasteiger partial charge on any atom is 0.278 e. The van der Waals surface area contributed by atoms with Crippen LogP contribution in [0.1, 0.15) is 35.6 Å². The number of aryl methyl sites for hydroxylation is 3. The molecule has 0 fully saturated rings. The standard InChI is InChI=1S/C22H24N2O2/c1-5-12-24-21(25)19(17-10-7-14(2)8-11-17)20(22(24)26)23-18-13-15(3)6-9-16(18)4/h6-11,13,23H,5,12H2,1-4H3. The molecule has 0 spiro atoms. The second-order valence-electron chi connectivity index (χ2n) is 6.82. The topological polar surface area (TPSA) is 49.4 Å². The van der Waals surface area contributed by atoms with Gasteiger partial charge >= 0.3 is 0 Å². The number of carbonyl (C=O) groups excluding carboxylic acids is 2. The van der Waals surface area contributed by atoms with Gasteiger partial charge in [-0.05, 0) is 49.9 Å². The Morgan fingerprint density at radius 1 is 0.885 bits per heavy atom. The van der Waals surface area contributed by atoms with Crippen molar-refractivity contribution < 1.29 is 9.59 Å². The Hall–Kier alpha value is -2.88. The van der Waals surface area contributed by atoms with Crippen LogP contribution in [0.5, 0.6) is 0 Å². The SMILES string of the molecule is CCCN1C(=O)C(Nc2cc(C)ccc2C)=C(c2ccc(C)cc2)C1=O. The monoisotopic (exact) mass is 348 g/mol. The third-order valence-electron chi connectivity index (χ3n) is 4.61. The highest BCUT2D eigenvalue weighted by atomic mass is 16.2. The first kappa shape index (κ1) is 17.9. The van der Waals surface area contributed by atoms with Gasteiger partial charge in [-0.2, -0.15) is 0 Å². The van der Waals surface area contributed by atoms with E-state index in [1.165, 1.54) is 4.90 Å². The summed E-state index contributed by atoms with van der Waals surface area (Å²) in [5.74, 6) is -0.484. The maximum absolute atomic E-state index is 13.0. The summed E-state index contributed by atoms with van der Waals surface area (Å²) in [6.07, 6.45) is 0.732. The Morgan fingerprint density at radius 3 is 2.19 bits per heavy atom. The predicted octanol–water partition coefficient (Wildman–Crippen LogP) is 4.21. The molecular weight excluding hydrogens is 324 g/mol. The van der Waals surface area contributed by atoms with Gasteiger partial charge in [0.2, 0.25) is 0 Å². The van der Waals surface area contributed by atoms with E-state index >= 15 is 0 Å². The van der Waals surface area contributed by atoms with Gasteiger partial charge in [-0.25, -0.2) is 0 Å². The zero-order chi connectivity index (χ0) is 18.8. The number of amides is 2. The Balaban J connectivity index is 2.10. The summed E-state index contributed by atoms with van der Waals surface area (Å²) in [4.78, 5) is 27.2. The molecule has 3 rings (SSSR count). The predicted molar refractivity (Wildman–Crippen MR) is 105 cm³/mol. The number of anilines is 1. The van der Waals surface area contributed by atoms with Gasteiger partial charge < -0.3 is 5.32 Å². The quantitative estimate of drug-likeness (QED) is 0.823. The van der Waals surface area contributed by atoms with Gasteiger partial charge in [0.05, 0.1) is 5.57 Å². The van der Waals surface area contributed by atoms with Crippen molar-refractivity contribution in [2.45, 2.75) is 34.1 Å². The largest absolute Gasteiger partial charge is 0.350 e. The zero-order valence-corrected chi connectivity index (χ0v) is 15.7. The molecule has 4 heteroatoms. The molecule has 2 aromatic rings. The lowest BCUT2D eigenvalue weighted by atomic mass is 10.0. The minimum absolute atomic E-state index is 0.228. The summed E-state index contributed by atoms with van der Waals surface area (Å²) >= 11 is 0. The number of hydrogen-bond acceptors (Lipinski definition) is 3. The maximum atomic E-state index is 13.0. The van der Waals surface area contributed by atoms with Crippen LogP contribution in [0.4, 0.5) is 5.69 Å². The van der Waals surface area contributed by atoms with E-state index in [1.807, 2.05) is 70.2 Å². The van der Waals surface area contributed by atoms with Crippen molar-refractivity contribution in [2.75, 3.05) is 11.9 Å². The minimum atomic E-state index is -0.256. The molecule has 0 saturated heterocycles. The van der Waals surface area contributed by atoms with Crippen molar-refractivity contribution in [3.63, 3.8) is 0 Å². The van der Waals surface area contributed by atoms with Crippen molar-refractivity contribution in [1.29, 1.82) is 0 Å².